The number of anilines is 1. The molecule has 0 spiro atoms. The highest BCUT2D eigenvalue weighted by Crippen LogP contribution is 2.43. The number of amides is 1. The molecule has 0 saturated carbocycles. The third kappa shape index (κ3) is 3.49. The number of aromatic nitrogens is 2. The van der Waals surface area contributed by atoms with Crippen LogP contribution in [-0.2, 0) is 9.53 Å². The van der Waals surface area contributed by atoms with Crippen LogP contribution in [0.1, 0.15) is 15.9 Å². The normalized spacial score (nSPS) is 15.5. The second-order valence-corrected chi connectivity index (χ2v) is 7.54. The van der Waals surface area contributed by atoms with E-state index in [2.05, 4.69) is 15.5 Å². The van der Waals surface area contributed by atoms with Gasteiger partial charge < -0.3 is 14.8 Å². The number of H-pyrrole nitrogens is 1. The fourth-order valence-corrected chi connectivity index (χ4v) is 4.10. The largest absolute Gasteiger partial charge is 0.497 e. The van der Waals surface area contributed by atoms with Gasteiger partial charge in [0.15, 0.2) is 5.78 Å². The molecule has 2 N–H and O–H groups in total. The number of nitrogens with zero attached hydrogens (tertiary/aromatic N) is 2. The maximum Gasteiger partial charge on any atom is 0.238 e. The average Bonchev–Trinajstić information content (AvgIpc) is 3.35. The summed E-state index contributed by atoms with van der Waals surface area (Å²) in [6.45, 7) is 2.97. The lowest BCUT2D eigenvalue weighted by Gasteiger charge is -2.25. The van der Waals surface area contributed by atoms with Crippen LogP contribution in [0.15, 0.2) is 42.5 Å². The second-order valence-electron chi connectivity index (χ2n) is 7.54. The number of carbonyl (C=O) groups is 2. The van der Waals surface area contributed by atoms with Crippen LogP contribution in [0.5, 0.6) is 5.75 Å². The molecule has 1 fully saturated rings. The molecular formula is C23H22N4O4. The monoisotopic (exact) mass is 418 g/mol. The highest BCUT2D eigenvalue weighted by molar-refractivity contribution is 6.27. The van der Waals surface area contributed by atoms with Gasteiger partial charge in [-0.05, 0) is 30.3 Å². The Bertz CT molecular complexity index is 1150. The topological polar surface area (TPSA) is 96.5 Å². The van der Waals surface area contributed by atoms with Crippen LogP contribution in [0.2, 0.25) is 0 Å². The lowest BCUT2D eigenvalue weighted by Crippen LogP contribution is -2.41. The number of carbonyl (C=O) groups excluding carboxylic acids is 2. The predicted molar refractivity (Wildman–Crippen MR) is 115 cm³/mol. The summed E-state index contributed by atoms with van der Waals surface area (Å²) in [6, 6.07) is 12.9. The zero-order valence-electron chi connectivity index (χ0n) is 17.1. The SMILES string of the molecule is COc1ccc(-c2n[nH]c3c2C(=O)c2c(NC(=O)CN4CCOCC4)cccc2-3)cc1. The standard InChI is InChI=1S/C23H22N4O4/c1-30-15-7-5-14(6-8-15)21-20-22(26-25-21)16-3-2-4-17(19(16)23(20)29)24-18(28)13-27-9-11-31-12-10-27/h2-8H,9-13H2,1H3,(H,24,28)(H,25,26). The van der Waals surface area contributed by atoms with Gasteiger partial charge in [0.2, 0.25) is 5.91 Å². The van der Waals surface area contributed by atoms with Crippen molar-refractivity contribution in [1.82, 2.24) is 15.1 Å². The van der Waals surface area contributed by atoms with Gasteiger partial charge >= 0.3 is 0 Å². The van der Waals surface area contributed by atoms with Crippen molar-refractivity contribution in [2.45, 2.75) is 0 Å². The molecule has 0 bridgehead atoms. The molecular weight excluding hydrogens is 396 g/mol. The fourth-order valence-electron chi connectivity index (χ4n) is 4.10. The van der Waals surface area contributed by atoms with E-state index in [4.69, 9.17) is 9.47 Å². The first-order chi connectivity index (χ1) is 15.2. The number of methoxy groups -OCH3 is 1. The van der Waals surface area contributed by atoms with E-state index in [-0.39, 0.29) is 18.2 Å². The summed E-state index contributed by atoms with van der Waals surface area (Å²) >= 11 is 0. The molecule has 3 aromatic rings. The van der Waals surface area contributed by atoms with Gasteiger partial charge in [0.05, 0.1) is 49.4 Å². The van der Waals surface area contributed by atoms with E-state index >= 15 is 0 Å². The Morgan fingerprint density at radius 3 is 2.68 bits per heavy atom. The van der Waals surface area contributed by atoms with E-state index in [1.807, 2.05) is 41.3 Å². The number of aromatic amines is 1. The maximum atomic E-state index is 13.4. The zero-order chi connectivity index (χ0) is 21.4. The number of nitrogens with one attached hydrogen (secondary N) is 2. The van der Waals surface area contributed by atoms with Crippen molar-refractivity contribution in [2.75, 3.05) is 45.3 Å². The van der Waals surface area contributed by atoms with Crippen LogP contribution < -0.4 is 10.1 Å². The summed E-state index contributed by atoms with van der Waals surface area (Å²) in [7, 11) is 1.61. The van der Waals surface area contributed by atoms with Crippen molar-refractivity contribution in [2.24, 2.45) is 0 Å². The average molecular weight is 418 g/mol. The molecule has 8 nitrogen and oxygen atoms in total. The molecule has 0 radical (unpaired) electrons. The third-order valence-electron chi connectivity index (χ3n) is 5.66. The van der Waals surface area contributed by atoms with Gasteiger partial charge in [-0.3, -0.25) is 19.6 Å². The minimum Gasteiger partial charge on any atom is -0.497 e. The Balaban J connectivity index is 1.43. The molecule has 158 valence electrons. The van der Waals surface area contributed by atoms with Crippen LogP contribution in [-0.4, -0.2) is 66.7 Å². The van der Waals surface area contributed by atoms with Crippen molar-refractivity contribution in [1.29, 1.82) is 0 Å². The van der Waals surface area contributed by atoms with E-state index in [1.54, 1.807) is 13.2 Å². The molecule has 1 aromatic heterocycles. The molecule has 2 aliphatic rings. The number of benzene rings is 2. The minimum atomic E-state index is -0.146. The highest BCUT2D eigenvalue weighted by atomic mass is 16.5. The molecule has 1 aliphatic carbocycles. The predicted octanol–water partition coefficient (Wildman–Crippen LogP) is 2.57. The number of fused-ring (bicyclic) bond motifs is 3. The second kappa shape index (κ2) is 7.98. The van der Waals surface area contributed by atoms with Crippen molar-refractivity contribution in [3.8, 4) is 28.3 Å². The Hall–Kier alpha value is -3.49. The molecule has 31 heavy (non-hydrogen) atoms. The minimum absolute atomic E-state index is 0.146. The number of ether oxygens (including phenoxy) is 2. The summed E-state index contributed by atoms with van der Waals surface area (Å²) in [5, 5.41) is 10.3. The fraction of sp³-hybridized carbons (Fsp3) is 0.261. The third-order valence-corrected chi connectivity index (χ3v) is 5.66. The van der Waals surface area contributed by atoms with Crippen LogP contribution >= 0.6 is 0 Å². The molecule has 0 unspecified atom stereocenters. The number of hydrogen-bond donors (Lipinski definition) is 2. The number of rotatable bonds is 5. The van der Waals surface area contributed by atoms with Gasteiger partial charge in [-0.25, -0.2) is 0 Å². The van der Waals surface area contributed by atoms with E-state index < -0.39 is 0 Å². The van der Waals surface area contributed by atoms with Crippen molar-refractivity contribution < 1.29 is 19.1 Å². The van der Waals surface area contributed by atoms with E-state index in [9.17, 15) is 9.59 Å². The molecule has 8 heteroatoms. The summed E-state index contributed by atoms with van der Waals surface area (Å²) in [4.78, 5) is 28.0. The molecule has 1 amide bonds. The van der Waals surface area contributed by atoms with E-state index in [0.29, 0.717) is 41.4 Å². The molecule has 2 heterocycles. The first-order valence-corrected chi connectivity index (χ1v) is 10.2. The first-order valence-electron chi connectivity index (χ1n) is 10.2. The van der Waals surface area contributed by atoms with Crippen molar-refractivity contribution in [3.63, 3.8) is 0 Å². The van der Waals surface area contributed by atoms with Gasteiger partial charge in [0.25, 0.3) is 0 Å². The highest BCUT2D eigenvalue weighted by Gasteiger charge is 2.35. The quantitative estimate of drug-likeness (QED) is 0.517. The van der Waals surface area contributed by atoms with Gasteiger partial charge in [-0.2, -0.15) is 5.10 Å². The summed E-state index contributed by atoms with van der Waals surface area (Å²) in [6.07, 6.45) is 0. The number of hydrogen-bond acceptors (Lipinski definition) is 6. The lowest BCUT2D eigenvalue weighted by atomic mass is 10.0. The Kier molecular flexibility index (Phi) is 5.01. The number of ketones is 1. The van der Waals surface area contributed by atoms with Gasteiger partial charge in [-0.1, -0.05) is 12.1 Å². The van der Waals surface area contributed by atoms with E-state index in [0.717, 1.165) is 30.0 Å². The van der Waals surface area contributed by atoms with Crippen molar-refractivity contribution >= 4 is 17.4 Å². The molecule has 1 saturated heterocycles. The number of morpholine rings is 1. The molecule has 1 aliphatic heterocycles. The molecule has 0 atom stereocenters. The Labute approximate surface area is 179 Å². The zero-order valence-corrected chi connectivity index (χ0v) is 17.1. The lowest BCUT2D eigenvalue weighted by molar-refractivity contribution is -0.118. The first kappa shape index (κ1) is 19.5. The smallest absolute Gasteiger partial charge is 0.238 e. The van der Waals surface area contributed by atoms with E-state index in [1.165, 1.54) is 0 Å². The van der Waals surface area contributed by atoms with Crippen molar-refractivity contribution in [3.05, 3.63) is 53.6 Å². The summed E-state index contributed by atoms with van der Waals surface area (Å²) in [5.74, 6) is 0.440. The summed E-state index contributed by atoms with van der Waals surface area (Å²) in [5.41, 5.74) is 4.37. The molecule has 2 aromatic carbocycles. The Morgan fingerprint density at radius 1 is 1.16 bits per heavy atom. The molecule has 5 rings (SSSR count). The van der Waals surface area contributed by atoms with Gasteiger partial charge in [-0.15, -0.1) is 0 Å². The Morgan fingerprint density at radius 2 is 1.94 bits per heavy atom. The van der Waals surface area contributed by atoms with Crippen LogP contribution in [0.3, 0.4) is 0 Å². The van der Waals surface area contributed by atoms with Gasteiger partial charge in [0.1, 0.15) is 11.4 Å². The van der Waals surface area contributed by atoms with Gasteiger partial charge in [0, 0.05) is 24.2 Å². The maximum absolute atomic E-state index is 13.4. The van der Waals surface area contributed by atoms with Crippen LogP contribution in [0, 0.1) is 0 Å². The van der Waals surface area contributed by atoms with Crippen LogP contribution in [0.4, 0.5) is 5.69 Å². The van der Waals surface area contributed by atoms with Crippen LogP contribution in [0.25, 0.3) is 22.5 Å². The summed E-state index contributed by atoms with van der Waals surface area (Å²) < 4.78 is 10.5.